The second kappa shape index (κ2) is 6.44. The molecule has 1 aliphatic rings. The van der Waals surface area contributed by atoms with Gasteiger partial charge in [-0.05, 0) is 24.8 Å². The van der Waals surface area contributed by atoms with Gasteiger partial charge in [-0.2, -0.15) is 0 Å². The van der Waals surface area contributed by atoms with Gasteiger partial charge >= 0.3 is 0 Å². The van der Waals surface area contributed by atoms with Gasteiger partial charge in [0.1, 0.15) is 0 Å². The number of nitrogens with one attached hydrogen (secondary N) is 1. The van der Waals surface area contributed by atoms with Crippen LogP contribution in [0.25, 0.3) is 0 Å². The molecule has 0 bridgehead atoms. The van der Waals surface area contributed by atoms with E-state index in [1.807, 2.05) is 0 Å². The second-order valence-corrected chi connectivity index (χ2v) is 6.56. The van der Waals surface area contributed by atoms with Crippen LogP contribution in [0.3, 0.4) is 0 Å². The maximum absolute atomic E-state index is 12.7. The molecule has 2 rings (SSSR count). The van der Waals surface area contributed by atoms with Crippen molar-refractivity contribution in [3.05, 3.63) is 39.9 Å². The largest absolute Gasteiger partial charge is 0.340 e. The number of carbonyl (C=O) groups is 1. The third-order valence-electron chi connectivity index (χ3n) is 4.35. The number of benzene rings is 1. The molecular formula is C16H23N3O3. The minimum Gasteiger partial charge on any atom is -0.340 e. The SMILES string of the molecule is CN(Cc1ccccc1[N+](=O)[O-])C(=O)C1NCCCC1(C)C. The first-order valence-corrected chi connectivity index (χ1v) is 7.53. The molecule has 22 heavy (non-hydrogen) atoms. The highest BCUT2D eigenvalue weighted by atomic mass is 16.6. The van der Waals surface area contributed by atoms with E-state index in [0.717, 1.165) is 19.4 Å². The lowest BCUT2D eigenvalue weighted by Crippen LogP contribution is -2.55. The topological polar surface area (TPSA) is 75.5 Å². The molecule has 120 valence electrons. The van der Waals surface area contributed by atoms with E-state index in [4.69, 9.17) is 0 Å². The molecule has 0 aromatic heterocycles. The number of likely N-dealkylation sites (N-methyl/N-ethyl adjacent to an activating group) is 1. The van der Waals surface area contributed by atoms with Gasteiger partial charge in [0.15, 0.2) is 0 Å². The zero-order valence-corrected chi connectivity index (χ0v) is 13.3. The number of hydrogen-bond donors (Lipinski definition) is 1. The Balaban J connectivity index is 2.13. The van der Waals surface area contributed by atoms with Crippen LogP contribution in [0.15, 0.2) is 24.3 Å². The van der Waals surface area contributed by atoms with Crippen LogP contribution in [0, 0.1) is 15.5 Å². The summed E-state index contributed by atoms with van der Waals surface area (Å²) >= 11 is 0. The van der Waals surface area contributed by atoms with Crippen LogP contribution in [-0.4, -0.2) is 35.4 Å². The molecule has 1 unspecified atom stereocenters. The molecule has 1 fully saturated rings. The summed E-state index contributed by atoms with van der Waals surface area (Å²) in [5.41, 5.74) is 0.502. The van der Waals surface area contributed by atoms with Crippen molar-refractivity contribution in [3.8, 4) is 0 Å². The van der Waals surface area contributed by atoms with Crippen LogP contribution in [0.2, 0.25) is 0 Å². The van der Waals surface area contributed by atoms with Crippen LogP contribution in [0.4, 0.5) is 5.69 Å². The first-order chi connectivity index (χ1) is 10.3. The average Bonchev–Trinajstić information content (AvgIpc) is 2.46. The lowest BCUT2D eigenvalue weighted by atomic mass is 9.77. The number of hydrogen-bond acceptors (Lipinski definition) is 4. The van der Waals surface area contributed by atoms with Gasteiger partial charge < -0.3 is 10.2 Å². The van der Waals surface area contributed by atoms with Crippen molar-refractivity contribution >= 4 is 11.6 Å². The van der Waals surface area contributed by atoms with Crippen molar-refractivity contribution in [1.82, 2.24) is 10.2 Å². The lowest BCUT2D eigenvalue weighted by molar-refractivity contribution is -0.385. The van der Waals surface area contributed by atoms with Gasteiger partial charge in [-0.25, -0.2) is 0 Å². The third-order valence-corrected chi connectivity index (χ3v) is 4.35. The minimum absolute atomic E-state index is 0.0112. The fourth-order valence-electron chi connectivity index (χ4n) is 3.01. The molecule has 6 heteroatoms. The van der Waals surface area contributed by atoms with Crippen LogP contribution in [-0.2, 0) is 11.3 Å². The Morgan fingerprint density at radius 2 is 2.14 bits per heavy atom. The molecule has 1 atom stereocenters. The first-order valence-electron chi connectivity index (χ1n) is 7.53. The Bertz CT molecular complexity index is 572. The number of nitrogens with zero attached hydrogens (tertiary/aromatic N) is 2. The molecule has 0 aliphatic carbocycles. The van der Waals surface area contributed by atoms with E-state index in [9.17, 15) is 14.9 Å². The van der Waals surface area contributed by atoms with Crippen molar-refractivity contribution in [2.45, 2.75) is 39.3 Å². The molecule has 6 nitrogen and oxygen atoms in total. The highest BCUT2D eigenvalue weighted by Crippen LogP contribution is 2.31. The molecule has 0 spiro atoms. The fraction of sp³-hybridized carbons (Fsp3) is 0.562. The molecule has 1 amide bonds. The van der Waals surface area contributed by atoms with Crippen molar-refractivity contribution in [2.75, 3.05) is 13.6 Å². The summed E-state index contributed by atoms with van der Waals surface area (Å²) in [7, 11) is 1.70. The predicted molar refractivity (Wildman–Crippen MR) is 84.4 cm³/mol. The Labute approximate surface area is 130 Å². The Hall–Kier alpha value is -1.95. The third kappa shape index (κ3) is 3.44. The van der Waals surface area contributed by atoms with Gasteiger partial charge in [0.2, 0.25) is 5.91 Å². The number of nitro benzene ring substituents is 1. The van der Waals surface area contributed by atoms with Crippen LogP contribution in [0.1, 0.15) is 32.3 Å². The summed E-state index contributed by atoms with van der Waals surface area (Å²) in [6.45, 7) is 5.24. The summed E-state index contributed by atoms with van der Waals surface area (Å²) in [6.07, 6.45) is 2.06. The van der Waals surface area contributed by atoms with E-state index in [0.29, 0.717) is 5.56 Å². The van der Waals surface area contributed by atoms with Gasteiger partial charge in [-0.15, -0.1) is 0 Å². The van der Waals surface area contributed by atoms with Gasteiger partial charge in [0.25, 0.3) is 5.69 Å². The first kappa shape index (κ1) is 16.4. The number of carbonyl (C=O) groups excluding carboxylic acids is 1. The summed E-state index contributed by atoms with van der Waals surface area (Å²) in [5.74, 6) is -0.0112. The summed E-state index contributed by atoms with van der Waals surface area (Å²) in [5, 5.41) is 14.4. The van der Waals surface area contributed by atoms with Crippen LogP contribution < -0.4 is 5.32 Å². The molecule has 1 saturated heterocycles. The lowest BCUT2D eigenvalue weighted by Gasteiger charge is -2.40. The quantitative estimate of drug-likeness (QED) is 0.684. The van der Waals surface area contributed by atoms with E-state index in [-0.39, 0.29) is 29.6 Å². The summed E-state index contributed by atoms with van der Waals surface area (Å²) < 4.78 is 0. The maximum Gasteiger partial charge on any atom is 0.274 e. The number of nitro groups is 1. The Morgan fingerprint density at radius 1 is 1.45 bits per heavy atom. The van der Waals surface area contributed by atoms with Gasteiger partial charge in [-0.3, -0.25) is 14.9 Å². The van der Waals surface area contributed by atoms with E-state index >= 15 is 0 Å². The Kier molecular flexibility index (Phi) is 4.81. The van der Waals surface area contributed by atoms with Crippen LogP contribution >= 0.6 is 0 Å². The standard InChI is InChI=1S/C16H23N3O3/c1-16(2)9-6-10-17-14(16)15(20)18(3)11-12-7-4-5-8-13(12)19(21)22/h4-5,7-8,14,17H,6,9-11H2,1-3H3. The number of amides is 1. The van der Waals surface area contributed by atoms with E-state index in [1.165, 1.54) is 6.07 Å². The second-order valence-electron chi connectivity index (χ2n) is 6.56. The maximum atomic E-state index is 12.7. The monoisotopic (exact) mass is 305 g/mol. The number of rotatable bonds is 4. The van der Waals surface area contributed by atoms with E-state index in [2.05, 4.69) is 19.2 Å². The fourth-order valence-corrected chi connectivity index (χ4v) is 3.01. The molecule has 1 N–H and O–H groups in total. The highest BCUT2D eigenvalue weighted by molar-refractivity contribution is 5.82. The molecule has 0 radical (unpaired) electrons. The predicted octanol–water partition coefficient (Wildman–Crippen LogP) is 2.33. The van der Waals surface area contributed by atoms with Gasteiger partial charge in [0, 0.05) is 18.7 Å². The summed E-state index contributed by atoms with van der Waals surface area (Å²) in [6, 6.07) is 6.31. The zero-order chi connectivity index (χ0) is 16.3. The van der Waals surface area contributed by atoms with E-state index < -0.39 is 4.92 Å². The van der Waals surface area contributed by atoms with Gasteiger partial charge in [-0.1, -0.05) is 32.0 Å². The number of piperidine rings is 1. The molecule has 0 saturated carbocycles. The smallest absolute Gasteiger partial charge is 0.274 e. The highest BCUT2D eigenvalue weighted by Gasteiger charge is 2.38. The van der Waals surface area contributed by atoms with Crippen molar-refractivity contribution in [2.24, 2.45) is 5.41 Å². The average molecular weight is 305 g/mol. The van der Waals surface area contributed by atoms with Crippen LogP contribution in [0.5, 0.6) is 0 Å². The van der Waals surface area contributed by atoms with Gasteiger partial charge in [0.05, 0.1) is 17.5 Å². The minimum atomic E-state index is -0.406. The van der Waals surface area contributed by atoms with Crippen molar-refractivity contribution in [1.29, 1.82) is 0 Å². The summed E-state index contributed by atoms with van der Waals surface area (Å²) in [4.78, 5) is 24.9. The van der Waals surface area contributed by atoms with E-state index in [1.54, 1.807) is 30.1 Å². The van der Waals surface area contributed by atoms with Crippen molar-refractivity contribution < 1.29 is 9.72 Å². The zero-order valence-electron chi connectivity index (χ0n) is 13.3. The molecule has 1 heterocycles. The molecule has 1 aromatic carbocycles. The number of para-hydroxylation sites is 1. The molecule has 1 aliphatic heterocycles. The van der Waals surface area contributed by atoms with Crippen molar-refractivity contribution in [3.63, 3.8) is 0 Å². The molecular weight excluding hydrogens is 282 g/mol. The Morgan fingerprint density at radius 3 is 2.77 bits per heavy atom. The normalized spacial score (nSPS) is 20.4. The molecule has 1 aromatic rings.